The lowest BCUT2D eigenvalue weighted by Gasteiger charge is -2.25. The van der Waals surface area contributed by atoms with Gasteiger partial charge in [0.1, 0.15) is 5.75 Å². The van der Waals surface area contributed by atoms with Gasteiger partial charge in [-0.1, -0.05) is 18.2 Å². The Labute approximate surface area is 117 Å². The Morgan fingerprint density at radius 1 is 1.26 bits per heavy atom. The molecular formula is C15H17NO2S. The maximum absolute atomic E-state index is 12.3. The molecule has 2 aromatic rings. The summed E-state index contributed by atoms with van der Waals surface area (Å²) in [6, 6.07) is 10.7. The maximum atomic E-state index is 12.3. The van der Waals surface area contributed by atoms with Crippen molar-refractivity contribution in [2.45, 2.75) is 19.9 Å². The summed E-state index contributed by atoms with van der Waals surface area (Å²) in [5.74, 6) is 0.200. The van der Waals surface area contributed by atoms with Gasteiger partial charge in [-0.2, -0.15) is 0 Å². The maximum Gasteiger partial charge on any atom is 0.264 e. The van der Waals surface area contributed by atoms with Gasteiger partial charge in [0.05, 0.1) is 10.9 Å². The van der Waals surface area contributed by atoms with E-state index in [-0.39, 0.29) is 17.7 Å². The minimum absolute atomic E-state index is 0.0196. The summed E-state index contributed by atoms with van der Waals surface area (Å²) in [5.41, 5.74) is 0.756. The number of aromatic hydroxyl groups is 1. The quantitative estimate of drug-likeness (QED) is 0.930. The predicted molar refractivity (Wildman–Crippen MR) is 77.7 cm³/mol. The number of rotatable bonds is 3. The van der Waals surface area contributed by atoms with Crippen LogP contribution in [0.4, 0.5) is 0 Å². The Balaban J connectivity index is 2.22. The molecule has 1 heterocycles. The van der Waals surface area contributed by atoms with Crippen molar-refractivity contribution >= 4 is 17.2 Å². The smallest absolute Gasteiger partial charge is 0.264 e. The van der Waals surface area contributed by atoms with E-state index in [1.165, 1.54) is 11.3 Å². The molecule has 0 fully saturated rings. The highest BCUT2D eigenvalue weighted by Crippen LogP contribution is 2.29. The summed E-state index contributed by atoms with van der Waals surface area (Å²) in [7, 11) is 1.76. The van der Waals surface area contributed by atoms with Crippen LogP contribution in [0.5, 0.6) is 5.75 Å². The summed E-state index contributed by atoms with van der Waals surface area (Å²) in [5, 5.41) is 9.85. The van der Waals surface area contributed by atoms with Crippen LogP contribution in [0.15, 0.2) is 36.4 Å². The lowest BCUT2D eigenvalue weighted by molar-refractivity contribution is 0.0746. The van der Waals surface area contributed by atoms with Gasteiger partial charge in [0.2, 0.25) is 0 Å². The third-order valence-electron chi connectivity index (χ3n) is 3.24. The number of carbonyl (C=O) groups is 1. The third kappa shape index (κ3) is 2.79. The van der Waals surface area contributed by atoms with Crippen molar-refractivity contribution in [1.82, 2.24) is 4.90 Å². The number of hydrogen-bond acceptors (Lipinski definition) is 3. The average molecular weight is 275 g/mol. The minimum Gasteiger partial charge on any atom is -0.508 e. The molecule has 3 nitrogen and oxygen atoms in total. The van der Waals surface area contributed by atoms with E-state index < -0.39 is 0 Å². The fourth-order valence-corrected chi connectivity index (χ4v) is 2.80. The minimum atomic E-state index is -0.170. The largest absolute Gasteiger partial charge is 0.508 e. The first-order valence-electron chi connectivity index (χ1n) is 6.12. The second-order valence-electron chi connectivity index (χ2n) is 4.56. The molecule has 1 aromatic heterocycles. The van der Waals surface area contributed by atoms with Gasteiger partial charge in [-0.25, -0.2) is 0 Å². The Hall–Kier alpha value is -1.81. The molecule has 1 N–H and O–H groups in total. The van der Waals surface area contributed by atoms with Crippen molar-refractivity contribution < 1.29 is 9.90 Å². The first kappa shape index (κ1) is 13.6. The van der Waals surface area contributed by atoms with Crippen LogP contribution in [0.25, 0.3) is 0 Å². The van der Waals surface area contributed by atoms with Gasteiger partial charge in [-0.15, -0.1) is 11.3 Å². The number of phenolic OH excluding ortho intramolecular Hbond substituents is 1. The fraction of sp³-hybridized carbons (Fsp3) is 0.267. The van der Waals surface area contributed by atoms with E-state index >= 15 is 0 Å². The van der Waals surface area contributed by atoms with Crippen LogP contribution in [0.3, 0.4) is 0 Å². The van der Waals surface area contributed by atoms with Crippen LogP contribution in [0.1, 0.15) is 33.1 Å². The van der Waals surface area contributed by atoms with E-state index in [2.05, 4.69) is 0 Å². The van der Waals surface area contributed by atoms with Crippen molar-refractivity contribution in [1.29, 1.82) is 0 Å². The number of hydrogen-bond donors (Lipinski definition) is 1. The number of aryl methyl sites for hydroxylation is 1. The number of phenols is 1. The molecule has 2 rings (SSSR count). The van der Waals surface area contributed by atoms with Gasteiger partial charge in [-0.3, -0.25) is 4.79 Å². The molecule has 1 atom stereocenters. The van der Waals surface area contributed by atoms with Gasteiger partial charge in [0, 0.05) is 17.5 Å². The molecule has 1 amide bonds. The molecule has 0 radical (unpaired) electrons. The van der Waals surface area contributed by atoms with Crippen molar-refractivity contribution in [3.8, 4) is 5.75 Å². The number of thiophene rings is 1. The topological polar surface area (TPSA) is 40.5 Å². The Kier molecular flexibility index (Phi) is 3.90. The van der Waals surface area contributed by atoms with E-state index in [0.717, 1.165) is 15.3 Å². The van der Waals surface area contributed by atoms with Crippen molar-refractivity contribution in [3.63, 3.8) is 0 Å². The highest BCUT2D eigenvalue weighted by atomic mass is 32.1. The van der Waals surface area contributed by atoms with Crippen LogP contribution in [0, 0.1) is 6.92 Å². The van der Waals surface area contributed by atoms with Crippen molar-refractivity contribution in [2.24, 2.45) is 0 Å². The molecule has 1 aromatic carbocycles. The van der Waals surface area contributed by atoms with E-state index in [0.29, 0.717) is 0 Å². The molecule has 0 saturated carbocycles. The number of benzene rings is 1. The fourth-order valence-electron chi connectivity index (χ4n) is 1.95. The van der Waals surface area contributed by atoms with Crippen LogP contribution in [-0.4, -0.2) is 23.0 Å². The second kappa shape index (κ2) is 5.45. The third-order valence-corrected chi connectivity index (χ3v) is 4.23. The zero-order valence-electron chi connectivity index (χ0n) is 11.3. The Bertz CT molecular complexity index is 591. The van der Waals surface area contributed by atoms with Gasteiger partial charge in [-0.05, 0) is 32.0 Å². The van der Waals surface area contributed by atoms with Crippen molar-refractivity contribution in [2.75, 3.05) is 7.05 Å². The zero-order valence-corrected chi connectivity index (χ0v) is 12.1. The summed E-state index contributed by atoms with van der Waals surface area (Å²) < 4.78 is 0. The van der Waals surface area contributed by atoms with E-state index in [1.807, 2.05) is 38.1 Å². The van der Waals surface area contributed by atoms with Gasteiger partial charge < -0.3 is 10.0 Å². The van der Waals surface area contributed by atoms with Gasteiger partial charge in [0.15, 0.2) is 0 Å². The second-order valence-corrected chi connectivity index (χ2v) is 5.85. The number of carbonyl (C=O) groups excluding carboxylic acids is 1. The molecule has 0 aliphatic rings. The van der Waals surface area contributed by atoms with Crippen LogP contribution in [-0.2, 0) is 0 Å². The molecule has 1 unspecified atom stereocenters. The molecule has 0 spiro atoms. The van der Waals surface area contributed by atoms with Crippen LogP contribution in [0.2, 0.25) is 0 Å². The monoisotopic (exact) mass is 275 g/mol. The van der Waals surface area contributed by atoms with Gasteiger partial charge in [0.25, 0.3) is 5.91 Å². The normalized spacial score (nSPS) is 12.2. The highest BCUT2D eigenvalue weighted by molar-refractivity contribution is 7.13. The summed E-state index contributed by atoms with van der Waals surface area (Å²) in [4.78, 5) is 15.8. The highest BCUT2D eigenvalue weighted by Gasteiger charge is 2.21. The molecular weight excluding hydrogens is 258 g/mol. The molecule has 0 bridgehead atoms. The zero-order chi connectivity index (χ0) is 14.0. The van der Waals surface area contributed by atoms with Crippen LogP contribution >= 0.6 is 11.3 Å². The van der Waals surface area contributed by atoms with E-state index in [4.69, 9.17) is 0 Å². The lowest BCUT2D eigenvalue weighted by Crippen LogP contribution is -2.29. The van der Waals surface area contributed by atoms with E-state index in [9.17, 15) is 9.90 Å². The predicted octanol–water partition coefficient (Wildman–Crippen LogP) is 3.60. The molecule has 0 aliphatic carbocycles. The Morgan fingerprint density at radius 3 is 2.53 bits per heavy atom. The molecule has 0 saturated heterocycles. The van der Waals surface area contributed by atoms with Gasteiger partial charge >= 0.3 is 0 Å². The number of nitrogens with zero attached hydrogens (tertiary/aromatic N) is 1. The molecule has 100 valence electrons. The average Bonchev–Trinajstić information content (AvgIpc) is 2.83. The number of para-hydroxylation sites is 1. The lowest BCUT2D eigenvalue weighted by atomic mass is 10.1. The van der Waals surface area contributed by atoms with E-state index in [1.54, 1.807) is 24.1 Å². The molecule has 4 heteroatoms. The first-order chi connectivity index (χ1) is 9.00. The molecule has 19 heavy (non-hydrogen) atoms. The summed E-state index contributed by atoms with van der Waals surface area (Å²) in [6.07, 6.45) is 0. The first-order valence-corrected chi connectivity index (χ1v) is 6.94. The Morgan fingerprint density at radius 2 is 1.95 bits per heavy atom. The van der Waals surface area contributed by atoms with Crippen LogP contribution < -0.4 is 0 Å². The summed E-state index contributed by atoms with van der Waals surface area (Å²) >= 11 is 1.49. The SMILES string of the molecule is Cc1ccc(C(=O)N(C)C(C)c2ccccc2O)s1. The summed E-state index contributed by atoms with van der Waals surface area (Å²) in [6.45, 7) is 3.89. The van der Waals surface area contributed by atoms with Crippen molar-refractivity contribution in [3.05, 3.63) is 51.7 Å². The standard InChI is InChI=1S/C15H17NO2S/c1-10-8-9-14(19-10)15(18)16(3)11(2)12-6-4-5-7-13(12)17/h4-9,11,17H,1-3H3. The molecule has 0 aliphatic heterocycles. The number of amides is 1.